The van der Waals surface area contributed by atoms with Gasteiger partial charge in [0.1, 0.15) is 23.5 Å². The smallest absolute Gasteiger partial charge is 0.410 e. The van der Waals surface area contributed by atoms with Gasteiger partial charge in [-0.1, -0.05) is 23.7 Å². The highest BCUT2D eigenvalue weighted by molar-refractivity contribution is 6.30. The molecule has 1 aromatic carbocycles. The zero-order valence-corrected chi connectivity index (χ0v) is 19.0. The lowest BCUT2D eigenvalue weighted by atomic mass is 10.0. The Balaban J connectivity index is 1.53. The molecule has 1 aliphatic heterocycles. The first kappa shape index (κ1) is 22.1. The highest BCUT2D eigenvalue weighted by Crippen LogP contribution is 2.30. The van der Waals surface area contributed by atoms with Crippen molar-refractivity contribution in [2.45, 2.75) is 39.4 Å². The summed E-state index contributed by atoms with van der Waals surface area (Å²) >= 11 is 5.83. The van der Waals surface area contributed by atoms with Crippen molar-refractivity contribution in [3.8, 4) is 5.88 Å². The molecule has 0 fully saturated rings. The predicted octanol–water partition coefficient (Wildman–Crippen LogP) is 5.96. The van der Waals surface area contributed by atoms with Crippen LogP contribution in [0.5, 0.6) is 5.88 Å². The molecule has 1 amide bonds. The van der Waals surface area contributed by atoms with Crippen molar-refractivity contribution in [2.24, 2.45) is 0 Å². The fraction of sp³-hybridized carbons (Fsp3) is 0.333. The van der Waals surface area contributed by atoms with Gasteiger partial charge in [0, 0.05) is 35.3 Å². The van der Waals surface area contributed by atoms with Gasteiger partial charge in [-0.15, -0.1) is 0 Å². The standard InChI is InChI=1S/C24H25ClFN3O3/c1-24(2,3)32-23(30)29-10-7-15(8-11-29)20-12-16-6-9-27-21(16)22(28-20)31-14-17-4-5-18(25)13-19(17)26/h4-7,9,12-13,27H,8,10-11,14H2,1-3H3. The van der Waals surface area contributed by atoms with Gasteiger partial charge in [-0.25, -0.2) is 14.2 Å². The van der Waals surface area contributed by atoms with Crippen LogP contribution < -0.4 is 4.74 Å². The van der Waals surface area contributed by atoms with Gasteiger partial charge in [0.25, 0.3) is 0 Å². The number of aromatic amines is 1. The Bertz CT molecular complexity index is 1180. The molecule has 0 unspecified atom stereocenters. The van der Waals surface area contributed by atoms with Crippen molar-refractivity contribution < 1.29 is 18.7 Å². The molecule has 8 heteroatoms. The van der Waals surface area contributed by atoms with E-state index in [0.717, 1.165) is 22.2 Å². The molecule has 0 atom stereocenters. The van der Waals surface area contributed by atoms with Gasteiger partial charge in [-0.2, -0.15) is 0 Å². The zero-order valence-electron chi connectivity index (χ0n) is 18.2. The number of amides is 1. The predicted molar refractivity (Wildman–Crippen MR) is 122 cm³/mol. The molecule has 32 heavy (non-hydrogen) atoms. The number of halogens is 2. The number of benzene rings is 1. The van der Waals surface area contributed by atoms with Crippen LogP contribution in [0.2, 0.25) is 5.02 Å². The third-order valence-corrected chi connectivity index (χ3v) is 5.31. The summed E-state index contributed by atoms with van der Waals surface area (Å²) in [5.41, 5.74) is 2.40. The average molecular weight is 458 g/mol. The van der Waals surface area contributed by atoms with Gasteiger partial charge in [0.15, 0.2) is 0 Å². The maximum Gasteiger partial charge on any atom is 0.410 e. The van der Waals surface area contributed by atoms with Gasteiger partial charge in [0.2, 0.25) is 5.88 Å². The van der Waals surface area contributed by atoms with E-state index in [4.69, 9.17) is 21.1 Å². The van der Waals surface area contributed by atoms with Crippen LogP contribution in [0.15, 0.2) is 42.6 Å². The maximum absolute atomic E-state index is 14.1. The monoisotopic (exact) mass is 457 g/mol. The van der Waals surface area contributed by atoms with Gasteiger partial charge in [-0.3, -0.25) is 0 Å². The summed E-state index contributed by atoms with van der Waals surface area (Å²) in [6, 6.07) is 8.41. The minimum Gasteiger partial charge on any atom is -0.471 e. The summed E-state index contributed by atoms with van der Waals surface area (Å²) in [5.74, 6) is -0.0269. The van der Waals surface area contributed by atoms with Crippen LogP contribution in [0.1, 0.15) is 38.4 Å². The molecule has 6 nitrogen and oxygen atoms in total. The van der Waals surface area contributed by atoms with Crippen molar-refractivity contribution in [3.05, 3.63) is 64.7 Å². The van der Waals surface area contributed by atoms with Crippen molar-refractivity contribution in [3.63, 3.8) is 0 Å². The average Bonchev–Trinajstić information content (AvgIpc) is 3.21. The zero-order chi connectivity index (χ0) is 22.9. The van der Waals surface area contributed by atoms with E-state index in [1.165, 1.54) is 6.07 Å². The highest BCUT2D eigenvalue weighted by Gasteiger charge is 2.24. The van der Waals surface area contributed by atoms with Crippen LogP contribution in [-0.4, -0.2) is 39.7 Å². The van der Waals surface area contributed by atoms with Crippen molar-refractivity contribution in [1.82, 2.24) is 14.9 Å². The molecule has 2 aromatic heterocycles. The number of hydrogen-bond donors (Lipinski definition) is 1. The third-order valence-electron chi connectivity index (χ3n) is 5.08. The molecule has 1 N–H and O–H groups in total. The largest absolute Gasteiger partial charge is 0.471 e. The number of H-pyrrole nitrogens is 1. The number of hydrogen-bond acceptors (Lipinski definition) is 4. The van der Waals surface area contributed by atoms with Crippen LogP contribution in [0.4, 0.5) is 9.18 Å². The number of rotatable bonds is 4. The van der Waals surface area contributed by atoms with Gasteiger partial charge < -0.3 is 19.4 Å². The normalized spacial score (nSPS) is 14.4. The SMILES string of the molecule is CC(C)(C)OC(=O)N1CC=C(c2cc3cc[nH]c3c(OCc3ccc(Cl)cc3F)n2)CC1. The molecule has 0 spiro atoms. The van der Waals surface area contributed by atoms with E-state index in [1.807, 2.05) is 45.2 Å². The third kappa shape index (κ3) is 5.05. The fourth-order valence-corrected chi connectivity index (χ4v) is 3.64. The lowest BCUT2D eigenvalue weighted by Crippen LogP contribution is -2.39. The van der Waals surface area contributed by atoms with Crippen molar-refractivity contribution >= 4 is 34.2 Å². The van der Waals surface area contributed by atoms with E-state index >= 15 is 0 Å². The van der Waals surface area contributed by atoms with Crippen molar-refractivity contribution in [2.75, 3.05) is 13.1 Å². The van der Waals surface area contributed by atoms with Crippen LogP contribution in [0, 0.1) is 5.82 Å². The van der Waals surface area contributed by atoms with Gasteiger partial charge >= 0.3 is 6.09 Å². The second kappa shape index (κ2) is 8.82. The van der Waals surface area contributed by atoms with E-state index in [2.05, 4.69) is 9.97 Å². The summed E-state index contributed by atoms with van der Waals surface area (Å²) in [6.07, 6.45) is 4.12. The number of carbonyl (C=O) groups excluding carboxylic acids is 1. The lowest BCUT2D eigenvalue weighted by Gasteiger charge is -2.29. The van der Waals surface area contributed by atoms with Crippen LogP contribution >= 0.6 is 11.6 Å². The Morgan fingerprint density at radius 2 is 2.09 bits per heavy atom. The van der Waals surface area contributed by atoms with Crippen LogP contribution in [0.25, 0.3) is 16.5 Å². The molecule has 3 heterocycles. The Morgan fingerprint density at radius 3 is 2.78 bits per heavy atom. The van der Waals surface area contributed by atoms with E-state index < -0.39 is 11.4 Å². The summed E-state index contributed by atoms with van der Waals surface area (Å²) in [5, 5.41) is 1.28. The molecular weight excluding hydrogens is 433 g/mol. The first-order valence-corrected chi connectivity index (χ1v) is 10.8. The second-order valence-electron chi connectivity index (χ2n) is 8.68. The summed E-state index contributed by atoms with van der Waals surface area (Å²) < 4.78 is 25.5. The second-order valence-corrected chi connectivity index (χ2v) is 9.12. The van der Waals surface area contributed by atoms with Gasteiger partial charge in [0.05, 0.1) is 5.69 Å². The number of ether oxygens (including phenoxy) is 2. The molecule has 0 bridgehead atoms. The number of nitrogens with zero attached hydrogens (tertiary/aromatic N) is 2. The topological polar surface area (TPSA) is 67.5 Å². The highest BCUT2D eigenvalue weighted by atomic mass is 35.5. The number of nitrogens with one attached hydrogen (secondary N) is 1. The Hall–Kier alpha value is -3.06. The first-order chi connectivity index (χ1) is 15.2. The molecule has 0 saturated carbocycles. The van der Waals surface area contributed by atoms with E-state index in [-0.39, 0.29) is 12.7 Å². The molecular formula is C24H25ClFN3O3. The molecule has 0 saturated heterocycles. The number of fused-ring (bicyclic) bond motifs is 1. The number of aromatic nitrogens is 2. The molecule has 168 valence electrons. The number of carbonyl (C=O) groups is 1. The maximum atomic E-state index is 14.1. The van der Waals surface area contributed by atoms with Gasteiger partial charge in [-0.05, 0) is 57.0 Å². The minimum absolute atomic E-state index is 0.0268. The minimum atomic E-state index is -0.530. The van der Waals surface area contributed by atoms with Crippen LogP contribution in [0.3, 0.4) is 0 Å². The van der Waals surface area contributed by atoms with E-state index in [9.17, 15) is 9.18 Å². The Labute approximate surface area is 191 Å². The molecule has 1 aliphatic rings. The number of pyridine rings is 1. The summed E-state index contributed by atoms with van der Waals surface area (Å²) in [4.78, 5) is 21.8. The molecule has 0 aliphatic carbocycles. The van der Waals surface area contributed by atoms with Crippen LogP contribution in [-0.2, 0) is 11.3 Å². The summed E-state index contributed by atoms with van der Waals surface area (Å²) in [6.45, 7) is 6.57. The van der Waals surface area contributed by atoms with E-state index in [1.54, 1.807) is 17.0 Å². The fourth-order valence-electron chi connectivity index (χ4n) is 3.48. The molecule has 0 radical (unpaired) electrons. The summed E-state index contributed by atoms with van der Waals surface area (Å²) in [7, 11) is 0. The Kier molecular flexibility index (Phi) is 6.11. The Morgan fingerprint density at radius 1 is 1.28 bits per heavy atom. The first-order valence-electron chi connectivity index (χ1n) is 10.4. The van der Waals surface area contributed by atoms with Crippen molar-refractivity contribution in [1.29, 1.82) is 0 Å². The quantitative estimate of drug-likeness (QED) is 0.525. The molecule has 3 aromatic rings. The molecule has 4 rings (SSSR count). The van der Waals surface area contributed by atoms with E-state index in [0.29, 0.717) is 36.0 Å². The lowest BCUT2D eigenvalue weighted by molar-refractivity contribution is 0.0270.